The number of rotatable bonds is 3. The molecule has 1 aromatic heterocycles. The number of hydrogen-bond donors (Lipinski definition) is 2. The van der Waals surface area contributed by atoms with Crippen LogP contribution in [0.1, 0.15) is 28.2 Å². The van der Waals surface area contributed by atoms with E-state index in [1.807, 2.05) is 0 Å². The second kappa shape index (κ2) is 4.79. The number of carboxylic acids is 1. The summed E-state index contributed by atoms with van der Waals surface area (Å²) >= 11 is 1.65. The fourth-order valence-corrected chi connectivity index (χ4v) is 1.73. The minimum atomic E-state index is -2.70. The molecule has 0 amide bonds. The van der Waals surface area contributed by atoms with Crippen LogP contribution in [-0.2, 0) is 6.54 Å². The lowest BCUT2D eigenvalue weighted by Gasteiger charge is -2.08. The smallest absolute Gasteiger partial charge is 0.355 e. The highest BCUT2D eigenvalue weighted by Crippen LogP contribution is 2.25. The van der Waals surface area contributed by atoms with E-state index in [9.17, 15) is 13.6 Å². The van der Waals surface area contributed by atoms with Crippen molar-refractivity contribution in [1.82, 2.24) is 4.98 Å². The summed E-state index contributed by atoms with van der Waals surface area (Å²) in [5.41, 5.74) is 4.57. The van der Waals surface area contributed by atoms with Crippen LogP contribution in [-0.4, -0.2) is 16.1 Å². The van der Waals surface area contributed by atoms with Crippen LogP contribution in [0, 0.1) is 3.57 Å². The van der Waals surface area contributed by atoms with Gasteiger partial charge in [-0.25, -0.2) is 18.6 Å². The summed E-state index contributed by atoms with van der Waals surface area (Å²) in [7, 11) is 0. The van der Waals surface area contributed by atoms with Gasteiger partial charge in [0.05, 0.1) is 5.69 Å². The van der Waals surface area contributed by atoms with E-state index in [1.54, 1.807) is 22.6 Å². The van der Waals surface area contributed by atoms with Crippen molar-refractivity contribution in [2.45, 2.75) is 13.0 Å². The molecule has 15 heavy (non-hydrogen) atoms. The molecule has 0 aliphatic carbocycles. The number of aromatic carboxylic acids is 1. The average molecular weight is 328 g/mol. The van der Waals surface area contributed by atoms with E-state index in [4.69, 9.17) is 10.8 Å². The highest BCUT2D eigenvalue weighted by molar-refractivity contribution is 14.1. The van der Waals surface area contributed by atoms with Crippen molar-refractivity contribution < 1.29 is 18.7 Å². The number of nitrogens with two attached hydrogens (primary N) is 1. The van der Waals surface area contributed by atoms with Gasteiger partial charge in [0.25, 0.3) is 6.43 Å². The molecule has 0 bridgehead atoms. The van der Waals surface area contributed by atoms with Gasteiger partial charge in [0.1, 0.15) is 0 Å². The number of pyridine rings is 1. The van der Waals surface area contributed by atoms with Gasteiger partial charge in [0, 0.05) is 15.7 Å². The minimum Gasteiger partial charge on any atom is -0.476 e. The molecule has 0 spiro atoms. The average Bonchev–Trinajstić information content (AvgIpc) is 2.16. The van der Waals surface area contributed by atoms with Gasteiger partial charge in [-0.05, 0) is 28.7 Å². The van der Waals surface area contributed by atoms with E-state index >= 15 is 0 Å². The predicted octanol–water partition coefficient (Wildman–Crippen LogP) is 1.78. The lowest BCUT2D eigenvalue weighted by molar-refractivity contribution is 0.0688. The molecule has 4 nitrogen and oxygen atoms in total. The minimum absolute atomic E-state index is 0.0807. The standard InChI is InChI=1S/C8H7F2IN2O2/c9-7(10)3-1-4(11)6(8(14)15)13-5(3)2-12/h1,7H,2,12H2,(H,14,15). The van der Waals surface area contributed by atoms with Crippen molar-refractivity contribution in [3.8, 4) is 0 Å². The molecule has 1 aromatic rings. The maximum Gasteiger partial charge on any atom is 0.355 e. The summed E-state index contributed by atoms with van der Waals surface area (Å²) in [6.45, 7) is -0.211. The third-order valence-electron chi connectivity index (χ3n) is 1.72. The van der Waals surface area contributed by atoms with Crippen LogP contribution in [0.2, 0.25) is 0 Å². The van der Waals surface area contributed by atoms with Crippen molar-refractivity contribution in [3.63, 3.8) is 0 Å². The quantitative estimate of drug-likeness (QED) is 0.830. The van der Waals surface area contributed by atoms with E-state index in [1.165, 1.54) is 0 Å². The fourth-order valence-electron chi connectivity index (χ4n) is 1.04. The summed E-state index contributed by atoms with van der Waals surface area (Å²) in [5.74, 6) is -1.25. The topological polar surface area (TPSA) is 76.2 Å². The molecule has 0 radical (unpaired) electrons. The molecule has 0 aromatic carbocycles. The number of carboxylic acid groups (broad SMARTS) is 1. The molecule has 0 aliphatic heterocycles. The van der Waals surface area contributed by atoms with Gasteiger partial charge < -0.3 is 10.8 Å². The number of hydrogen-bond acceptors (Lipinski definition) is 3. The molecular weight excluding hydrogens is 321 g/mol. The number of nitrogens with zero attached hydrogens (tertiary/aromatic N) is 1. The molecule has 1 rings (SSSR count). The van der Waals surface area contributed by atoms with E-state index < -0.39 is 12.4 Å². The molecule has 0 saturated heterocycles. The number of aromatic nitrogens is 1. The molecule has 0 unspecified atom stereocenters. The summed E-state index contributed by atoms with van der Waals surface area (Å²) < 4.78 is 25.1. The normalized spacial score (nSPS) is 10.7. The number of carbonyl (C=O) groups is 1. The van der Waals surface area contributed by atoms with Gasteiger partial charge in [-0.1, -0.05) is 0 Å². The van der Waals surface area contributed by atoms with Crippen LogP contribution in [0.5, 0.6) is 0 Å². The zero-order chi connectivity index (χ0) is 11.6. The Hall–Kier alpha value is -0.830. The van der Waals surface area contributed by atoms with Crippen LogP contribution in [0.15, 0.2) is 6.07 Å². The van der Waals surface area contributed by atoms with Gasteiger partial charge in [-0.3, -0.25) is 0 Å². The molecule has 1 heterocycles. The maximum absolute atomic E-state index is 12.5. The third-order valence-corrected chi connectivity index (χ3v) is 2.54. The Bertz CT molecular complexity index is 398. The van der Waals surface area contributed by atoms with Crippen LogP contribution in [0.3, 0.4) is 0 Å². The molecule has 0 saturated carbocycles. The van der Waals surface area contributed by atoms with E-state index in [-0.39, 0.29) is 27.1 Å². The second-order valence-corrected chi connectivity index (χ2v) is 3.83. The van der Waals surface area contributed by atoms with Gasteiger partial charge >= 0.3 is 5.97 Å². The molecule has 0 atom stereocenters. The molecule has 0 aliphatic rings. The van der Waals surface area contributed by atoms with Gasteiger partial charge in [-0.2, -0.15) is 0 Å². The predicted molar refractivity (Wildman–Crippen MR) is 56.8 cm³/mol. The number of halogens is 3. The zero-order valence-corrected chi connectivity index (χ0v) is 9.53. The second-order valence-electron chi connectivity index (χ2n) is 2.66. The first kappa shape index (κ1) is 12.2. The summed E-state index contributed by atoms with van der Waals surface area (Å²) in [4.78, 5) is 14.3. The van der Waals surface area contributed by atoms with Gasteiger partial charge in [0.15, 0.2) is 5.69 Å². The first-order valence-electron chi connectivity index (χ1n) is 3.88. The highest BCUT2D eigenvalue weighted by atomic mass is 127. The Labute approximate surface area is 97.6 Å². The van der Waals surface area contributed by atoms with Crippen molar-refractivity contribution in [2.24, 2.45) is 5.73 Å². The third kappa shape index (κ3) is 2.59. The monoisotopic (exact) mass is 328 g/mol. The van der Waals surface area contributed by atoms with Crippen LogP contribution >= 0.6 is 22.6 Å². The van der Waals surface area contributed by atoms with E-state index in [0.29, 0.717) is 0 Å². The molecule has 7 heteroatoms. The SMILES string of the molecule is NCc1nc(C(=O)O)c(I)cc1C(F)F. The fraction of sp³-hybridized carbons (Fsp3) is 0.250. The summed E-state index contributed by atoms with van der Waals surface area (Å²) in [6, 6.07) is 1.10. The summed E-state index contributed by atoms with van der Waals surface area (Å²) in [5, 5.41) is 8.72. The van der Waals surface area contributed by atoms with Crippen LogP contribution < -0.4 is 5.73 Å². The van der Waals surface area contributed by atoms with Crippen molar-refractivity contribution in [3.05, 3.63) is 26.6 Å². The Morgan fingerprint density at radius 3 is 2.67 bits per heavy atom. The number of alkyl halides is 2. The summed E-state index contributed by atoms with van der Waals surface area (Å²) in [6.07, 6.45) is -2.70. The van der Waals surface area contributed by atoms with Gasteiger partial charge in [-0.15, -0.1) is 0 Å². The van der Waals surface area contributed by atoms with Crippen molar-refractivity contribution in [1.29, 1.82) is 0 Å². The van der Waals surface area contributed by atoms with Crippen molar-refractivity contribution >= 4 is 28.6 Å². The van der Waals surface area contributed by atoms with Crippen LogP contribution in [0.4, 0.5) is 8.78 Å². The maximum atomic E-state index is 12.5. The molecule has 82 valence electrons. The van der Waals surface area contributed by atoms with Crippen LogP contribution in [0.25, 0.3) is 0 Å². The first-order chi connectivity index (χ1) is 6.97. The highest BCUT2D eigenvalue weighted by Gasteiger charge is 2.19. The molecular formula is C8H7F2IN2O2. The Morgan fingerprint density at radius 2 is 2.27 bits per heavy atom. The lowest BCUT2D eigenvalue weighted by atomic mass is 10.2. The Kier molecular flexibility index (Phi) is 3.91. The Morgan fingerprint density at radius 1 is 1.67 bits per heavy atom. The molecule has 0 fully saturated rings. The van der Waals surface area contributed by atoms with Gasteiger partial charge in [0.2, 0.25) is 0 Å². The van der Waals surface area contributed by atoms with Crippen molar-refractivity contribution in [2.75, 3.05) is 0 Å². The first-order valence-corrected chi connectivity index (χ1v) is 4.96. The van der Waals surface area contributed by atoms with E-state index in [0.717, 1.165) is 6.07 Å². The lowest BCUT2D eigenvalue weighted by Crippen LogP contribution is -2.12. The van der Waals surface area contributed by atoms with E-state index in [2.05, 4.69) is 4.98 Å². The Balaban J connectivity index is 3.35. The largest absolute Gasteiger partial charge is 0.476 e. The zero-order valence-electron chi connectivity index (χ0n) is 7.38. The molecule has 3 N–H and O–H groups in total.